The number of H-pyrrole nitrogens is 1. The molecular weight excluding hydrogens is 554 g/mol. The van der Waals surface area contributed by atoms with Gasteiger partial charge in [-0.1, -0.05) is 24.3 Å². The Morgan fingerprint density at radius 3 is 2.40 bits per heavy atom. The van der Waals surface area contributed by atoms with Crippen molar-refractivity contribution in [2.75, 3.05) is 17.2 Å². The lowest BCUT2D eigenvalue weighted by Gasteiger charge is -2.32. The third-order valence-electron chi connectivity index (χ3n) is 7.83. The van der Waals surface area contributed by atoms with E-state index in [1.54, 1.807) is 30.3 Å². The van der Waals surface area contributed by atoms with Crippen LogP contribution in [0.3, 0.4) is 0 Å². The number of hydrogen-bond acceptors (Lipinski definition) is 9. The van der Waals surface area contributed by atoms with Crippen LogP contribution in [0.4, 0.5) is 11.5 Å². The number of halogens is 1. The van der Waals surface area contributed by atoms with E-state index in [9.17, 15) is 9.59 Å². The number of carbonyl (C=O) groups excluding carboxylic acids is 2. The maximum absolute atomic E-state index is 13.9. The maximum Gasteiger partial charge on any atom is 0.251 e. The van der Waals surface area contributed by atoms with Crippen LogP contribution in [0.25, 0.3) is 22.5 Å². The summed E-state index contributed by atoms with van der Waals surface area (Å²) in [5, 5.41) is 13.9. The number of hydrogen-bond donors (Lipinski definition) is 4. The molecule has 2 aromatic carbocycles. The zero-order chi connectivity index (χ0) is 28.9. The van der Waals surface area contributed by atoms with E-state index in [0.717, 1.165) is 40.8 Å². The number of benzene rings is 2. The van der Waals surface area contributed by atoms with Gasteiger partial charge >= 0.3 is 0 Å². The van der Waals surface area contributed by atoms with Crippen LogP contribution >= 0.6 is 12.4 Å². The number of nitrogens with one attached hydrogen (secondary N) is 1. The van der Waals surface area contributed by atoms with Gasteiger partial charge in [0.05, 0.1) is 11.7 Å². The summed E-state index contributed by atoms with van der Waals surface area (Å²) < 4.78 is 0. The summed E-state index contributed by atoms with van der Waals surface area (Å²) in [6.45, 7) is 2.51. The Hall–Kier alpha value is -4.19. The second-order valence-electron chi connectivity index (χ2n) is 10.6. The van der Waals surface area contributed by atoms with E-state index in [4.69, 9.17) is 17.2 Å². The van der Waals surface area contributed by atoms with E-state index in [0.29, 0.717) is 42.6 Å². The third-order valence-corrected chi connectivity index (χ3v) is 7.83. The van der Waals surface area contributed by atoms with Gasteiger partial charge in [-0.25, -0.2) is 15.0 Å². The molecule has 2 amide bonds. The molecule has 1 atom stereocenters. The molecule has 12 heteroatoms. The van der Waals surface area contributed by atoms with Crippen molar-refractivity contribution in [1.82, 2.24) is 25.6 Å². The summed E-state index contributed by atoms with van der Waals surface area (Å²) in [6, 6.07) is 17.6. The summed E-state index contributed by atoms with van der Waals surface area (Å²) in [5.41, 5.74) is 23.0. The minimum Gasteiger partial charge on any atom is -0.384 e. The molecule has 1 aliphatic carbocycles. The number of anilines is 2. The Bertz CT molecular complexity index is 1500. The van der Waals surface area contributed by atoms with E-state index in [1.165, 1.54) is 4.90 Å². The van der Waals surface area contributed by atoms with Crippen molar-refractivity contribution in [3.05, 3.63) is 71.9 Å². The maximum atomic E-state index is 13.9. The lowest BCUT2D eigenvalue weighted by Crippen LogP contribution is -2.50. The molecule has 4 aromatic rings. The highest BCUT2D eigenvalue weighted by atomic mass is 35.5. The summed E-state index contributed by atoms with van der Waals surface area (Å²) in [7, 11) is 0. The Labute approximate surface area is 250 Å². The molecule has 0 spiro atoms. The van der Waals surface area contributed by atoms with Crippen LogP contribution < -0.4 is 22.1 Å². The van der Waals surface area contributed by atoms with Crippen molar-refractivity contribution in [2.45, 2.75) is 45.1 Å². The fourth-order valence-electron chi connectivity index (χ4n) is 5.50. The lowest BCUT2D eigenvalue weighted by atomic mass is 9.81. The highest BCUT2D eigenvalue weighted by molar-refractivity contribution is 6.17. The Morgan fingerprint density at radius 2 is 1.76 bits per heavy atom. The number of aryl methyl sites for hydroxylation is 1. The molecule has 0 unspecified atom stereocenters. The molecule has 2 heterocycles. The molecule has 1 fully saturated rings. The van der Waals surface area contributed by atoms with Crippen LogP contribution in [-0.4, -0.2) is 50.0 Å². The predicted octanol–water partition coefficient (Wildman–Crippen LogP) is 3.44. The first kappa shape index (κ1) is 30.8. The number of amides is 2. The highest BCUT2D eigenvalue weighted by Gasteiger charge is 2.35. The first-order valence-electron chi connectivity index (χ1n) is 13.8. The minimum absolute atomic E-state index is 0. The highest BCUT2D eigenvalue weighted by Crippen LogP contribution is 2.32. The van der Waals surface area contributed by atoms with Gasteiger partial charge in [0.25, 0.3) is 5.91 Å². The third kappa shape index (κ3) is 6.81. The van der Waals surface area contributed by atoms with E-state index in [-0.39, 0.29) is 30.7 Å². The number of carbonyl (C=O) groups is 2. The van der Waals surface area contributed by atoms with Gasteiger partial charge in [0.15, 0.2) is 5.82 Å². The average molecular weight is 590 g/mol. The zero-order valence-corrected chi connectivity index (χ0v) is 24.3. The number of nitrogen functional groups attached to an aromatic ring is 1. The molecule has 0 saturated heterocycles. The van der Waals surface area contributed by atoms with E-state index >= 15 is 0 Å². The smallest absolute Gasteiger partial charge is 0.251 e. The van der Waals surface area contributed by atoms with Crippen LogP contribution in [0.2, 0.25) is 0 Å². The molecular formula is C30H36ClN9O2. The van der Waals surface area contributed by atoms with Gasteiger partial charge in [0.1, 0.15) is 5.82 Å². The molecule has 1 aliphatic rings. The van der Waals surface area contributed by atoms with Gasteiger partial charge in [0, 0.05) is 22.7 Å². The van der Waals surface area contributed by atoms with Gasteiger partial charge in [-0.3, -0.25) is 9.59 Å². The fraction of sp³-hybridized carbons (Fsp3) is 0.333. The van der Waals surface area contributed by atoms with Crippen LogP contribution in [-0.2, 0) is 16.0 Å². The molecule has 1 saturated carbocycles. The summed E-state index contributed by atoms with van der Waals surface area (Å²) in [4.78, 5) is 33.4. The summed E-state index contributed by atoms with van der Waals surface area (Å²) in [5.74, 6) is 0.419. The standard InChI is InChI=1S/C30H35N9O2.ClH/c1-18-25(13-14-27(33)34-18)23-4-2-3-20(15-23)16-26(32)30(41)39(29(40)22-7-5-19(17-31)6-8-22)24-11-9-21(10-12-24)28-35-37-38-36-28;/h2-4,9-15,19,22,26H,5-8,16-17,31-32H2,1H3,(H2,33,34)(H,35,36,37,38);1H/t19-,22-,26-;/m0./s1. The number of tetrazole rings is 1. The second kappa shape index (κ2) is 13.6. The van der Waals surface area contributed by atoms with Gasteiger partial charge in [-0.05, 0) is 109 Å². The molecule has 220 valence electrons. The first-order chi connectivity index (χ1) is 19.8. The summed E-state index contributed by atoms with van der Waals surface area (Å²) >= 11 is 0. The van der Waals surface area contributed by atoms with Crippen molar-refractivity contribution in [2.24, 2.45) is 23.3 Å². The van der Waals surface area contributed by atoms with E-state index in [1.807, 2.05) is 37.3 Å². The van der Waals surface area contributed by atoms with Crippen molar-refractivity contribution in [1.29, 1.82) is 0 Å². The van der Waals surface area contributed by atoms with Crippen LogP contribution in [0.1, 0.15) is 36.9 Å². The largest absolute Gasteiger partial charge is 0.384 e. The van der Waals surface area contributed by atoms with Crippen LogP contribution in [0, 0.1) is 18.8 Å². The Balaban J connectivity index is 0.00000405. The Kier molecular flexibility index (Phi) is 10.00. The average Bonchev–Trinajstić information content (AvgIpc) is 3.53. The lowest BCUT2D eigenvalue weighted by molar-refractivity contribution is -0.130. The van der Waals surface area contributed by atoms with Crippen molar-refractivity contribution < 1.29 is 9.59 Å². The zero-order valence-electron chi connectivity index (χ0n) is 23.4. The molecule has 2 aromatic heterocycles. The second-order valence-corrected chi connectivity index (χ2v) is 10.6. The molecule has 42 heavy (non-hydrogen) atoms. The molecule has 0 radical (unpaired) electrons. The minimum atomic E-state index is -0.932. The van der Waals surface area contributed by atoms with Gasteiger partial charge in [0.2, 0.25) is 5.91 Å². The number of nitrogens with zero attached hydrogens (tertiary/aromatic N) is 5. The molecule has 5 rings (SSSR count). The van der Waals surface area contributed by atoms with Crippen molar-refractivity contribution in [3.63, 3.8) is 0 Å². The topological polar surface area (TPSA) is 183 Å². The van der Waals surface area contributed by atoms with Crippen molar-refractivity contribution in [3.8, 4) is 22.5 Å². The Morgan fingerprint density at radius 1 is 1.02 bits per heavy atom. The monoisotopic (exact) mass is 589 g/mol. The number of rotatable bonds is 8. The quantitative estimate of drug-likeness (QED) is 0.239. The van der Waals surface area contributed by atoms with Crippen LogP contribution in [0.5, 0.6) is 0 Å². The summed E-state index contributed by atoms with van der Waals surface area (Å²) in [6.07, 6.45) is 3.38. The normalized spacial score (nSPS) is 17.2. The number of aromatic amines is 1. The van der Waals surface area contributed by atoms with Gasteiger partial charge < -0.3 is 17.2 Å². The van der Waals surface area contributed by atoms with Gasteiger partial charge in [-0.15, -0.1) is 17.5 Å². The molecule has 0 bridgehead atoms. The van der Waals surface area contributed by atoms with Gasteiger partial charge in [-0.2, -0.15) is 0 Å². The number of nitrogens with two attached hydrogens (primary N) is 3. The molecule has 11 nitrogen and oxygen atoms in total. The van der Waals surface area contributed by atoms with E-state index < -0.39 is 11.9 Å². The molecule has 7 N–H and O–H groups in total. The number of aromatic nitrogens is 5. The first-order valence-corrected chi connectivity index (χ1v) is 13.8. The predicted molar refractivity (Wildman–Crippen MR) is 164 cm³/mol. The van der Waals surface area contributed by atoms with E-state index in [2.05, 4.69) is 25.6 Å². The number of imide groups is 1. The van der Waals surface area contributed by atoms with Crippen LogP contribution in [0.15, 0.2) is 60.7 Å². The fourth-order valence-corrected chi connectivity index (χ4v) is 5.50. The van der Waals surface area contributed by atoms with Crippen molar-refractivity contribution >= 4 is 35.7 Å². The number of pyridine rings is 1. The SMILES string of the molecule is Cc1nc(N)ccc1-c1cccc(C[C@H](N)C(=O)N(c2ccc(-c3nnn[nH]3)cc2)C(=O)[C@H]2CC[C@H](CN)CC2)c1.Cl. The molecule has 0 aliphatic heterocycles.